The third-order valence-corrected chi connectivity index (χ3v) is 4.86. The lowest BCUT2D eigenvalue weighted by atomic mass is 10.2. The molecule has 2 rings (SSSR count). The Morgan fingerprint density at radius 2 is 2.06 bits per heavy atom. The highest BCUT2D eigenvalue weighted by Crippen LogP contribution is 2.26. The van der Waals surface area contributed by atoms with Gasteiger partial charge in [-0.25, -0.2) is 0 Å². The van der Waals surface area contributed by atoms with Crippen LogP contribution in [-0.4, -0.2) is 17.2 Å². The zero-order valence-electron chi connectivity index (χ0n) is 10.4. The lowest BCUT2D eigenvalue weighted by molar-refractivity contribution is 0.861. The Morgan fingerprint density at radius 3 is 2.67 bits per heavy atom. The SMILES string of the molecule is Cc1c(Cl)nnc(N(C)Cc2cc(Br)cs2)c1C. The molecule has 0 aliphatic rings. The maximum atomic E-state index is 5.96. The molecule has 18 heavy (non-hydrogen) atoms. The van der Waals surface area contributed by atoms with Gasteiger partial charge in [0.15, 0.2) is 11.0 Å². The van der Waals surface area contributed by atoms with Gasteiger partial charge in [-0.15, -0.1) is 21.5 Å². The highest BCUT2D eigenvalue weighted by molar-refractivity contribution is 9.10. The lowest BCUT2D eigenvalue weighted by Crippen LogP contribution is -2.19. The molecule has 0 N–H and O–H groups in total. The first-order valence-electron chi connectivity index (χ1n) is 5.42. The Labute approximate surface area is 124 Å². The summed E-state index contributed by atoms with van der Waals surface area (Å²) in [5.74, 6) is 0.876. The summed E-state index contributed by atoms with van der Waals surface area (Å²) in [5.41, 5.74) is 2.06. The van der Waals surface area contributed by atoms with Gasteiger partial charge in [0.25, 0.3) is 0 Å². The van der Waals surface area contributed by atoms with Gasteiger partial charge in [-0.1, -0.05) is 11.6 Å². The van der Waals surface area contributed by atoms with E-state index in [0.29, 0.717) is 5.15 Å². The van der Waals surface area contributed by atoms with Crippen LogP contribution in [0.5, 0.6) is 0 Å². The van der Waals surface area contributed by atoms with Gasteiger partial charge in [-0.05, 0) is 47.0 Å². The maximum Gasteiger partial charge on any atom is 0.155 e. The summed E-state index contributed by atoms with van der Waals surface area (Å²) < 4.78 is 1.12. The van der Waals surface area contributed by atoms with Crippen LogP contribution >= 0.6 is 38.9 Å². The van der Waals surface area contributed by atoms with Crippen LogP contribution < -0.4 is 4.90 Å². The molecule has 0 bridgehead atoms. The summed E-state index contributed by atoms with van der Waals surface area (Å²) in [6.45, 7) is 4.80. The molecular formula is C12H13BrClN3S. The number of rotatable bonds is 3. The van der Waals surface area contributed by atoms with Crippen molar-refractivity contribution in [2.75, 3.05) is 11.9 Å². The molecule has 0 fully saturated rings. The molecule has 0 atom stereocenters. The molecule has 3 nitrogen and oxygen atoms in total. The van der Waals surface area contributed by atoms with Crippen molar-refractivity contribution in [1.29, 1.82) is 0 Å². The predicted molar refractivity (Wildman–Crippen MR) is 80.6 cm³/mol. The van der Waals surface area contributed by atoms with Gasteiger partial charge in [0.1, 0.15) is 0 Å². The first-order chi connectivity index (χ1) is 8.49. The van der Waals surface area contributed by atoms with Gasteiger partial charge in [0, 0.05) is 21.8 Å². The standard InChI is InChI=1S/C12H13BrClN3S/c1-7-8(2)12(16-15-11(7)14)17(3)5-10-4-9(13)6-18-10/h4,6H,5H2,1-3H3. The third kappa shape index (κ3) is 2.84. The van der Waals surface area contributed by atoms with Crippen molar-refractivity contribution >= 4 is 44.7 Å². The number of hydrogen-bond donors (Lipinski definition) is 0. The van der Waals surface area contributed by atoms with Gasteiger partial charge < -0.3 is 4.90 Å². The number of nitrogens with zero attached hydrogens (tertiary/aromatic N) is 3. The molecule has 0 spiro atoms. The highest BCUT2D eigenvalue weighted by Gasteiger charge is 2.12. The Hall–Kier alpha value is -0.650. The summed E-state index contributed by atoms with van der Waals surface area (Å²) in [6, 6.07) is 2.12. The minimum atomic E-state index is 0.475. The average molecular weight is 347 g/mol. The highest BCUT2D eigenvalue weighted by atomic mass is 79.9. The normalized spacial score (nSPS) is 10.7. The number of hydrogen-bond acceptors (Lipinski definition) is 4. The van der Waals surface area contributed by atoms with Crippen LogP contribution in [-0.2, 0) is 6.54 Å². The molecule has 2 aromatic rings. The summed E-state index contributed by atoms with van der Waals surface area (Å²) >= 11 is 11.1. The Bertz CT molecular complexity index is 570. The molecule has 2 heterocycles. The van der Waals surface area contributed by atoms with E-state index in [4.69, 9.17) is 11.6 Å². The van der Waals surface area contributed by atoms with Gasteiger partial charge in [-0.2, -0.15) is 0 Å². The van der Waals surface area contributed by atoms with Crippen molar-refractivity contribution in [1.82, 2.24) is 10.2 Å². The van der Waals surface area contributed by atoms with Crippen LogP contribution in [0, 0.1) is 13.8 Å². The summed E-state index contributed by atoms with van der Waals surface area (Å²) in [6.07, 6.45) is 0. The van der Waals surface area contributed by atoms with Crippen LogP contribution in [0.2, 0.25) is 5.15 Å². The minimum Gasteiger partial charge on any atom is -0.353 e. The van der Waals surface area contributed by atoms with E-state index in [1.54, 1.807) is 11.3 Å². The number of aromatic nitrogens is 2. The number of halogens is 2. The van der Waals surface area contributed by atoms with Crippen molar-refractivity contribution in [2.24, 2.45) is 0 Å². The Balaban J connectivity index is 2.24. The lowest BCUT2D eigenvalue weighted by Gasteiger charge is -2.19. The molecule has 0 radical (unpaired) electrons. The molecule has 2 aromatic heterocycles. The van der Waals surface area contributed by atoms with Crippen LogP contribution in [0.4, 0.5) is 5.82 Å². The van der Waals surface area contributed by atoms with E-state index < -0.39 is 0 Å². The molecule has 0 saturated carbocycles. The largest absolute Gasteiger partial charge is 0.353 e. The summed E-state index contributed by atoms with van der Waals surface area (Å²) in [4.78, 5) is 3.36. The van der Waals surface area contributed by atoms with Gasteiger partial charge in [-0.3, -0.25) is 0 Å². The van der Waals surface area contributed by atoms with Crippen molar-refractivity contribution in [3.05, 3.63) is 37.1 Å². The Morgan fingerprint density at radius 1 is 1.33 bits per heavy atom. The minimum absolute atomic E-state index is 0.475. The monoisotopic (exact) mass is 345 g/mol. The van der Waals surface area contributed by atoms with Crippen molar-refractivity contribution < 1.29 is 0 Å². The van der Waals surface area contributed by atoms with E-state index in [1.165, 1.54) is 4.88 Å². The summed E-state index contributed by atoms with van der Waals surface area (Å²) in [7, 11) is 2.01. The van der Waals surface area contributed by atoms with E-state index in [9.17, 15) is 0 Å². The molecule has 0 unspecified atom stereocenters. The second kappa shape index (κ2) is 5.55. The van der Waals surface area contributed by atoms with Crippen LogP contribution in [0.1, 0.15) is 16.0 Å². The molecule has 96 valence electrons. The molecule has 0 aliphatic heterocycles. The molecular weight excluding hydrogens is 334 g/mol. The van der Waals surface area contributed by atoms with Gasteiger partial charge >= 0.3 is 0 Å². The first kappa shape index (κ1) is 13.8. The predicted octanol–water partition coefficient (Wildman–Crippen LogP) is 4.21. The van der Waals surface area contributed by atoms with Crippen LogP contribution in [0.25, 0.3) is 0 Å². The van der Waals surface area contributed by atoms with E-state index in [1.807, 2.05) is 20.9 Å². The Kier molecular flexibility index (Phi) is 4.25. The smallest absolute Gasteiger partial charge is 0.155 e. The molecule has 0 saturated heterocycles. The summed E-state index contributed by atoms with van der Waals surface area (Å²) in [5, 5.41) is 10.7. The zero-order chi connectivity index (χ0) is 13.3. The van der Waals surface area contributed by atoms with Crippen LogP contribution in [0.3, 0.4) is 0 Å². The molecule has 6 heteroatoms. The van der Waals surface area contributed by atoms with Crippen molar-refractivity contribution in [3.8, 4) is 0 Å². The quantitative estimate of drug-likeness (QED) is 0.833. The van der Waals surface area contributed by atoms with E-state index in [2.05, 4.69) is 42.5 Å². The molecule has 0 aromatic carbocycles. The van der Waals surface area contributed by atoms with E-state index in [-0.39, 0.29) is 0 Å². The second-order valence-electron chi connectivity index (χ2n) is 4.15. The fourth-order valence-corrected chi connectivity index (χ4v) is 3.35. The number of anilines is 1. The van der Waals surface area contributed by atoms with E-state index in [0.717, 1.165) is 28.0 Å². The third-order valence-electron chi connectivity index (χ3n) is 2.82. The topological polar surface area (TPSA) is 29.0 Å². The average Bonchev–Trinajstić information content (AvgIpc) is 2.71. The van der Waals surface area contributed by atoms with E-state index >= 15 is 0 Å². The zero-order valence-corrected chi connectivity index (χ0v) is 13.5. The molecule has 0 amide bonds. The van der Waals surface area contributed by atoms with Crippen molar-refractivity contribution in [2.45, 2.75) is 20.4 Å². The van der Waals surface area contributed by atoms with Crippen molar-refractivity contribution in [3.63, 3.8) is 0 Å². The fourth-order valence-electron chi connectivity index (χ4n) is 1.67. The fraction of sp³-hybridized carbons (Fsp3) is 0.333. The van der Waals surface area contributed by atoms with Gasteiger partial charge in [0.05, 0.1) is 6.54 Å². The second-order valence-corrected chi connectivity index (χ2v) is 6.42. The van der Waals surface area contributed by atoms with Crippen LogP contribution in [0.15, 0.2) is 15.9 Å². The van der Waals surface area contributed by atoms with Gasteiger partial charge in [0.2, 0.25) is 0 Å². The maximum absolute atomic E-state index is 5.96. The number of thiophene rings is 1. The first-order valence-corrected chi connectivity index (χ1v) is 7.47. The molecule has 0 aliphatic carbocycles.